The van der Waals surface area contributed by atoms with Crippen LogP contribution in [0.3, 0.4) is 0 Å². The number of halogens is 1. The molecule has 1 aliphatic rings. The van der Waals surface area contributed by atoms with Gasteiger partial charge in [0.2, 0.25) is 0 Å². The Kier molecular flexibility index (Phi) is 5.81. The maximum atomic E-state index is 13.3. The van der Waals surface area contributed by atoms with Gasteiger partial charge in [-0.2, -0.15) is 0 Å². The first kappa shape index (κ1) is 20.1. The average molecular weight is 461 g/mol. The number of carbonyl (C=O) groups is 1. The summed E-state index contributed by atoms with van der Waals surface area (Å²) in [4.78, 5) is 19.7. The largest absolute Gasteiger partial charge is 0.494 e. The number of benzene rings is 3. The van der Waals surface area contributed by atoms with Crippen LogP contribution in [0.15, 0.2) is 88.0 Å². The van der Waals surface area contributed by atoms with Crippen LogP contribution in [0.5, 0.6) is 5.75 Å². The topological polar surface area (TPSA) is 41.9 Å². The number of amides is 1. The lowest BCUT2D eigenvalue weighted by molar-refractivity contribution is -0.113. The van der Waals surface area contributed by atoms with Gasteiger partial charge in [-0.05, 0) is 61.9 Å². The Balaban J connectivity index is 1.76. The van der Waals surface area contributed by atoms with Crippen molar-refractivity contribution in [3.63, 3.8) is 0 Å². The van der Waals surface area contributed by atoms with Gasteiger partial charge in [0, 0.05) is 10.0 Å². The number of amidine groups is 1. The van der Waals surface area contributed by atoms with Crippen LogP contribution in [0, 0.1) is 6.92 Å². The molecule has 0 unspecified atom stereocenters. The average Bonchev–Trinajstić information content (AvgIpc) is 3.07. The molecule has 0 fully saturated rings. The van der Waals surface area contributed by atoms with Crippen LogP contribution < -0.4 is 9.64 Å². The van der Waals surface area contributed by atoms with Crippen molar-refractivity contribution in [3.05, 3.63) is 99.7 Å². The van der Waals surface area contributed by atoms with E-state index in [1.165, 1.54) is 0 Å². The highest BCUT2D eigenvalue weighted by molar-refractivity contribution is 9.10. The molecule has 4 rings (SSSR count). The van der Waals surface area contributed by atoms with Crippen LogP contribution in [-0.2, 0) is 4.79 Å². The molecular formula is C25H21BrN2O2. The summed E-state index contributed by atoms with van der Waals surface area (Å²) in [5.41, 5.74) is 4.12. The van der Waals surface area contributed by atoms with Gasteiger partial charge in [-0.15, -0.1) is 0 Å². The monoisotopic (exact) mass is 460 g/mol. The minimum atomic E-state index is -0.155. The van der Waals surface area contributed by atoms with Crippen LogP contribution in [0.1, 0.15) is 23.6 Å². The Morgan fingerprint density at radius 2 is 1.63 bits per heavy atom. The molecule has 1 aliphatic heterocycles. The van der Waals surface area contributed by atoms with Gasteiger partial charge < -0.3 is 4.74 Å². The normalized spacial score (nSPS) is 14.9. The van der Waals surface area contributed by atoms with Crippen LogP contribution in [-0.4, -0.2) is 18.3 Å². The van der Waals surface area contributed by atoms with Gasteiger partial charge in [-0.3, -0.25) is 9.69 Å². The lowest BCUT2D eigenvalue weighted by atomic mass is 10.1. The zero-order valence-corrected chi connectivity index (χ0v) is 18.4. The zero-order chi connectivity index (χ0) is 21.1. The molecular weight excluding hydrogens is 440 g/mol. The third kappa shape index (κ3) is 4.21. The Bertz CT molecular complexity index is 1120. The molecule has 0 N–H and O–H groups in total. The van der Waals surface area contributed by atoms with Crippen molar-refractivity contribution in [1.82, 2.24) is 0 Å². The van der Waals surface area contributed by atoms with Crippen molar-refractivity contribution < 1.29 is 9.53 Å². The SMILES string of the molecule is CCOc1ccc(N2C(=O)C(=Cc3ccc(Br)cc3)N=C2c2ccc(C)cc2)cc1. The summed E-state index contributed by atoms with van der Waals surface area (Å²) in [6.45, 7) is 4.58. The van der Waals surface area contributed by atoms with Crippen LogP contribution in [0.2, 0.25) is 0 Å². The number of aryl methyl sites for hydroxylation is 1. The van der Waals surface area contributed by atoms with E-state index in [9.17, 15) is 4.79 Å². The van der Waals surface area contributed by atoms with E-state index < -0.39 is 0 Å². The van der Waals surface area contributed by atoms with Crippen molar-refractivity contribution in [2.75, 3.05) is 11.5 Å². The second-order valence-corrected chi connectivity index (χ2v) is 7.87. The van der Waals surface area contributed by atoms with Gasteiger partial charge in [0.15, 0.2) is 0 Å². The summed E-state index contributed by atoms with van der Waals surface area (Å²) >= 11 is 3.44. The molecule has 4 nitrogen and oxygen atoms in total. The molecule has 0 spiro atoms. The van der Waals surface area contributed by atoms with Crippen molar-refractivity contribution in [3.8, 4) is 5.75 Å². The second-order valence-electron chi connectivity index (χ2n) is 6.95. The number of aliphatic imine (C=N–C) groups is 1. The highest BCUT2D eigenvalue weighted by atomic mass is 79.9. The molecule has 0 saturated heterocycles. The molecule has 0 radical (unpaired) electrons. The number of hydrogen-bond donors (Lipinski definition) is 0. The zero-order valence-electron chi connectivity index (χ0n) is 16.8. The first-order valence-electron chi connectivity index (χ1n) is 9.75. The highest BCUT2D eigenvalue weighted by Crippen LogP contribution is 2.29. The molecule has 0 saturated carbocycles. The molecule has 0 atom stereocenters. The molecule has 3 aromatic rings. The van der Waals surface area contributed by atoms with Crippen molar-refractivity contribution in [1.29, 1.82) is 0 Å². The summed E-state index contributed by atoms with van der Waals surface area (Å²) in [6, 6.07) is 23.3. The first-order valence-corrected chi connectivity index (χ1v) is 10.5. The number of carbonyl (C=O) groups excluding carboxylic acids is 1. The summed E-state index contributed by atoms with van der Waals surface area (Å²) in [5.74, 6) is 1.23. The number of nitrogens with zero attached hydrogens (tertiary/aromatic N) is 2. The van der Waals surface area contributed by atoms with E-state index in [0.717, 1.165) is 32.6 Å². The molecule has 3 aromatic carbocycles. The van der Waals surface area contributed by atoms with E-state index >= 15 is 0 Å². The Hall–Kier alpha value is -3.18. The van der Waals surface area contributed by atoms with Gasteiger partial charge in [-0.1, -0.05) is 57.9 Å². The van der Waals surface area contributed by atoms with Gasteiger partial charge in [0.1, 0.15) is 17.3 Å². The third-order valence-corrected chi connectivity index (χ3v) is 5.28. The Morgan fingerprint density at radius 1 is 0.967 bits per heavy atom. The van der Waals surface area contributed by atoms with Crippen LogP contribution >= 0.6 is 15.9 Å². The molecule has 1 amide bonds. The molecule has 1 heterocycles. The fraction of sp³-hybridized carbons (Fsp3) is 0.120. The van der Waals surface area contributed by atoms with E-state index in [1.807, 2.05) is 92.7 Å². The van der Waals surface area contributed by atoms with Gasteiger partial charge >= 0.3 is 0 Å². The summed E-state index contributed by atoms with van der Waals surface area (Å²) in [5, 5.41) is 0. The number of rotatable bonds is 5. The van der Waals surface area contributed by atoms with Crippen molar-refractivity contribution >= 4 is 39.4 Å². The van der Waals surface area contributed by atoms with E-state index in [2.05, 4.69) is 15.9 Å². The van der Waals surface area contributed by atoms with Gasteiger partial charge in [-0.25, -0.2) is 4.99 Å². The number of ether oxygens (including phenoxy) is 1. The number of hydrogen-bond acceptors (Lipinski definition) is 3. The number of anilines is 1. The fourth-order valence-electron chi connectivity index (χ4n) is 3.23. The third-order valence-electron chi connectivity index (χ3n) is 4.75. The smallest absolute Gasteiger partial charge is 0.282 e. The standard InChI is InChI=1S/C25H21BrN2O2/c1-3-30-22-14-12-21(13-15-22)28-24(19-8-4-17(2)5-9-19)27-23(25(28)29)16-18-6-10-20(26)11-7-18/h4-16H,3H2,1-2H3. The van der Waals surface area contributed by atoms with Gasteiger partial charge in [0.25, 0.3) is 5.91 Å². The summed E-state index contributed by atoms with van der Waals surface area (Å²) < 4.78 is 6.52. The molecule has 30 heavy (non-hydrogen) atoms. The summed E-state index contributed by atoms with van der Waals surface area (Å²) in [6.07, 6.45) is 1.82. The quantitative estimate of drug-likeness (QED) is 0.438. The van der Waals surface area contributed by atoms with E-state index in [1.54, 1.807) is 4.90 Å². The maximum absolute atomic E-state index is 13.3. The molecule has 0 bridgehead atoms. The van der Waals surface area contributed by atoms with Crippen LogP contribution in [0.25, 0.3) is 6.08 Å². The van der Waals surface area contributed by atoms with E-state index in [-0.39, 0.29) is 5.91 Å². The maximum Gasteiger partial charge on any atom is 0.282 e. The molecule has 0 aromatic heterocycles. The minimum absolute atomic E-state index is 0.155. The van der Waals surface area contributed by atoms with E-state index in [4.69, 9.17) is 9.73 Å². The van der Waals surface area contributed by atoms with Crippen molar-refractivity contribution in [2.24, 2.45) is 4.99 Å². The Morgan fingerprint density at radius 3 is 2.27 bits per heavy atom. The molecule has 0 aliphatic carbocycles. The minimum Gasteiger partial charge on any atom is -0.494 e. The molecule has 5 heteroatoms. The molecule has 150 valence electrons. The first-order chi connectivity index (χ1) is 14.5. The van der Waals surface area contributed by atoms with E-state index in [0.29, 0.717) is 18.1 Å². The summed E-state index contributed by atoms with van der Waals surface area (Å²) in [7, 11) is 0. The predicted octanol–water partition coefficient (Wildman–Crippen LogP) is 5.99. The highest BCUT2D eigenvalue weighted by Gasteiger charge is 2.32. The lowest BCUT2D eigenvalue weighted by Crippen LogP contribution is -2.32. The van der Waals surface area contributed by atoms with Gasteiger partial charge in [0.05, 0.1) is 12.3 Å². The van der Waals surface area contributed by atoms with Crippen molar-refractivity contribution in [2.45, 2.75) is 13.8 Å². The predicted molar refractivity (Wildman–Crippen MR) is 125 cm³/mol. The van der Waals surface area contributed by atoms with Crippen LogP contribution in [0.4, 0.5) is 5.69 Å². The Labute approximate surface area is 184 Å². The fourth-order valence-corrected chi connectivity index (χ4v) is 3.49. The lowest BCUT2D eigenvalue weighted by Gasteiger charge is -2.19. The second kappa shape index (κ2) is 8.67.